The molecule has 0 aliphatic rings. The van der Waals surface area contributed by atoms with Crippen molar-refractivity contribution >= 4 is 0 Å². The third-order valence-corrected chi connectivity index (χ3v) is 1.74. The summed E-state index contributed by atoms with van der Waals surface area (Å²) in [5.74, 6) is 1.06. The second-order valence-corrected chi connectivity index (χ2v) is 2.79. The minimum Gasteiger partial charge on any atom is -0.330 e. The Labute approximate surface area is 72.8 Å². The van der Waals surface area contributed by atoms with Crippen molar-refractivity contribution < 1.29 is 0 Å². The highest BCUT2D eigenvalue weighted by atomic mass is 15.3. The molecule has 1 rings (SSSR count). The van der Waals surface area contributed by atoms with Gasteiger partial charge in [0.1, 0.15) is 12.2 Å². The Kier molecular flexibility index (Phi) is 3.73. The molecule has 0 radical (unpaired) electrons. The van der Waals surface area contributed by atoms with Crippen LogP contribution in [0, 0.1) is 0 Å². The monoisotopic (exact) mass is 168 g/mol. The van der Waals surface area contributed by atoms with Crippen molar-refractivity contribution in [1.29, 1.82) is 0 Å². The molecule has 2 N–H and O–H groups in total. The van der Waals surface area contributed by atoms with Gasteiger partial charge in [-0.2, -0.15) is 5.10 Å². The molecule has 0 unspecified atom stereocenters. The number of aryl methyl sites for hydroxylation is 2. The van der Waals surface area contributed by atoms with E-state index in [4.69, 9.17) is 5.73 Å². The lowest BCUT2D eigenvalue weighted by molar-refractivity contribution is 0.562. The zero-order valence-electron chi connectivity index (χ0n) is 7.53. The van der Waals surface area contributed by atoms with Gasteiger partial charge in [0.2, 0.25) is 0 Å². The summed E-state index contributed by atoms with van der Waals surface area (Å²) in [4.78, 5) is 4.17. The van der Waals surface area contributed by atoms with Crippen LogP contribution in [0.3, 0.4) is 0 Å². The summed E-state index contributed by atoms with van der Waals surface area (Å²) in [6, 6.07) is 0. The van der Waals surface area contributed by atoms with E-state index in [0.29, 0.717) is 0 Å². The van der Waals surface area contributed by atoms with E-state index in [1.165, 1.54) is 0 Å². The van der Waals surface area contributed by atoms with Crippen LogP contribution in [-0.4, -0.2) is 21.3 Å². The number of nitrogens with zero attached hydrogens (tertiary/aromatic N) is 3. The second-order valence-electron chi connectivity index (χ2n) is 2.79. The fourth-order valence-electron chi connectivity index (χ4n) is 1.14. The van der Waals surface area contributed by atoms with Gasteiger partial charge in [-0.15, -0.1) is 0 Å². The highest BCUT2D eigenvalue weighted by Crippen LogP contribution is 1.98. The minimum absolute atomic E-state index is 0.721. The molecule has 0 spiro atoms. The van der Waals surface area contributed by atoms with Gasteiger partial charge in [0, 0.05) is 13.0 Å². The van der Waals surface area contributed by atoms with Crippen LogP contribution >= 0.6 is 0 Å². The molecule has 1 aromatic rings. The van der Waals surface area contributed by atoms with Crippen LogP contribution in [-0.2, 0) is 13.0 Å². The fourth-order valence-corrected chi connectivity index (χ4v) is 1.14. The lowest BCUT2D eigenvalue weighted by Crippen LogP contribution is -2.08. The van der Waals surface area contributed by atoms with Crippen molar-refractivity contribution in [3.8, 4) is 0 Å². The molecular formula is C8H16N4. The summed E-state index contributed by atoms with van der Waals surface area (Å²) in [6.45, 7) is 3.81. The van der Waals surface area contributed by atoms with Crippen molar-refractivity contribution in [1.82, 2.24) is 14.8 Å². The number of aromatic nitrogens is 3. The lowest BCUT2D eigenvalue weighted by Gasteiger charge is -2.02. The molecule has 1 heterocycles. The van der Waals surface area contributed by atoms with E-state index in [-0.39, 0.29) is 0 Å². The van der Waals surface area contributed by atoms with Crippen molar-refractivity contribution in [2.24, 2.45) is 5.73 Å². The summed E-state index contributed by atoms with van der Waals surface area (Å²) in [7, 11) is 0. The SMILES string of the molecule is CCCn1ncnc1CCCN. The largest absolute Gasteiger partial charge is 0.330 e. The Morgan fingerprint density at radius 1 is 1.58 bits per heavy atom. The molecule has 0 aliphatic heterocycles. The van der Waals surface area contributed by atoms with Crippen molar-refractivity contribution in [2.75, 3.05) is 6.54 Å². The van der Waals surface area contributed by atoms with Crippen LogP contribution in [0.5, 0.6) is 0 Å². The van der Waals surface area contributed by atoms with Crippen molar-refractivity contribution in [3.63, 3.8) is 0 Å². The van der Waals surface area contributed by atoms with Gasteiger partial charge in [-0.25, -0.2) is 4.98 Å². The fraction of sp³-hybridized carbons (Fsp3) is 0.750. The number of hydrogen-bond acceptors (Lipinski definition) is 3. The Hall–Kier alpha value is -0.900. The highest BCUT2D eigenvalue weighted by molar-refractivity contribution is 4.84. The lowest BCUT2D eigenvalue weighted by atomic mass is 10.3. The molecule has 0 amide bonds. The molecule has 1 aromatic heterocycles. The normalized spacial score (nSPS) is 10.5. The summed E-state index contributed by atoms with van der Waals surface area (Å²) in [5, 5.41) is 4.12. The van der Waals surface area contributed by atoms with Crippen LogP contribution in [0.25, 0.3) is 0 Å². The van der Waals surface area contributed by atoms with E-state index in [9.17, 15) is 0 Å². The first-order valence-electron chi connectivity index (χ1n) is 4.45. The van der Waals surface area contributed by atoms with Crippen LogP contribution in [0.4, 0.5) is 0 Å². The van der Waals surface area contributed by atoms with E-state index in [1.54, 1.807) is 6.33 Å². The quantitative estimate of drug-likeness (QED) is 0.699. The number of rotatable bonds is 5. The van der Waals surface area contributed by atoms with E-state index < -0.39 is 0 Å². The van der Waals surface area contributed by atoms with E-state index >= 15 is 0 Å². The van der Waals surface area contributed by atoms with Gasteiger partial charge in [-0.05, 0) is 19.4 Å². The Morgan fingerprint density at radius 3 is 3.08 bits per heavy atom. The summed E-state index contributed by atoms with van der Waals surface area (Å²) >= 11 is 0. The van der Waals surface area contributed by atoms with Crippen LogP contribution in [0.15, 0.2) is 6.33 Å². The minimum atomic E-state index is 0.721. The molecule has 0 saturated heterocycles. The molecule has 0 aliphatic carbocycles. The molecule has 4 nitrogen and oxygen atoms in total. The van der Waals surface area contributed by atoms with E-state index in [0.717, 1.165) is 38.2 Å². The zero-order valence-corrected chi connectivity index (χ0v) is 7.53. The maximum Gasteiger partial charge on any atom is 0.138 e. The molecule has 4 heteroatoms. The van der Waals surface area contributed by atoms with Gasteiger partial charge in [0.05, 0.1) is 0 Å². The maximum absolute atomic E-state index is 5.41. The standard InChI is InChI=1S/C8H16N4/c1-2-6-12-8(4-3-5-9)10-7-11-12/h7H,2-6,9H2,1H3. The van der Waals surface area contributed by atoms with Gasteiger partial charge >= 0.3 is 0 Å². The third kappa shape index (κ3) is 2.30. The Morgan fingerprint density at radius 2 is 2.42 bits per heavy atom. The smallest absolute Gasteiger partial charge is 0.138 e. The molecule has 0 bridgehead atoms. The molecule has 68 valence electrons. The zero-order chi connectivity index (χ0) is 8.81. The topological polar surface area (TPSA) is 56.7 Å². The molecule has 0 atom stereocenters. The molecule has 0 saturated carbocycles. The van der Waals surface area contributed by atoms with Gasteiger partial charge in [0.25, 0.3) is 0 Å². The van der Waals surface area contributed by atoms with Gasteiger partial charge < -0.3 is 5.73 Å². The first-order chi connectivity index (χ1) is 5.88. The number of nitrogens with two attached hydrogens (primary N) is 1. The molecule has 0 aromatic carbocycles. The average molecular weight is 168 g/mol. The van der Waals surface area contributed by atoms with Crippen LogP contribution in [0.1, 0.15) is 25.6 Å². The van der Waals surface area contributed by atoms with Gasteiger partial charge in [-0.1, -0.05) is 6.92 Å². The summed E-state index contributed by atoms with van der Waals surface area (Å²) < 4.78 is 1.95. The van der Waals surface area contributed by atoms with Crippen molar-refractivity contribution in [2.45, 2.75) is 32.7 Å². The summed E-state index contributed by atoms with van der Waals surface area (Å²) in [5.41, 5.74) is 5.41. The molecular weight excluding hydrogens is 152 g/mol. The van der Waals surface area contributed by atoms with Gasteiger partial charge in [-0.3, -0.25) is 4.68 Å². The van der Waals surface area contributed by atoms with Crippen LogP contribution in [0.2, 0.25) is 0 Å². The first-order valence-corrected chi connectivity index (χ1v) is 4.45. The van der Waals surface area contributed by atoms with E-state index in [2.05, 4.69) is 17.0 Å². The first kappa shape index (κ1) is 9.19. The molecule has 0 fully saturated rings. The summed E-state index contributed by atoms with van der Waals surface area (Å²) in [6.07, 6.45) is 4.64. The predicted octanol–water partition coefficient (Wildman–Crippen LogP) is 0.579. The van der Waals surface area contributed by atoms with Gasteiger partial charge in [0.15, 0.2) is 0 Å². The van der Waals surface area contributed by atoms with Crippen molar-refractivity contribution in [3.05, 3.63) is 12.2 Å². The predicted molar refractivity (Wildman–Crippen MR) is 47.7 cm³/mol. The molecule has 12 heavy (non-hydrogen) atoms. The third-order valence-electron chi connectivity index (χ3n) is 1.74. The highest BCUT2D eigenvalue weighted by Gasteiger charge is 2.01. The van der Waals surface area contributed by atoms with E-state index in [1.807, 2.05) is 4.68 Å². The number of hydrogen-bond donors (Lipinski definition) is 1. The second kappa shape index (κ2) is 4.87. The Bertz CT molecular complexity index is 219. The Balaban J connectivity index is 2.51. The van der Waals surface area contributed by atoms with Crippen LogP contribution < -0.4 is 5.73 Å². The average Bonchev–Trinajstić information content (AvgIpc) is 2.50. The maximum atomic E-state index is 5.41.